The lowest BCUT2D eigenvalue weighted by molar-refractivity contribution is 0.0616. The van der Waals surface area contributed by atoms with Crippen molar-refractivity contribution in [3.8, 4) is 0 Å². The van der Waals surface area contributed by atoms with E-state index in [0.29, 0.717) is 16.5 Å². The molecule has 4 heteroatoms. The Morgan fingerprint density at radius 1 is 0.739 bits per heavy atom. The van der Waals surface area contributed by atoms with E-state index in [4.69, 9.17) is 0 Å². The van der Waals surface area contributed by atoms with Gasteiger partial charge in [-0.05, 0) is 23.1 Å². The Bertz CT molecular complexity index is 911. The fraction of sp³-hybridized carbons (Fsp3) is 0. The molecule has 23 heavy (non-hydrogen) atoms. The molecule has 0 N–H and O–H groups in total. The Labute approximate surface area is 132 Å². The van der Waals surface area contributed by atoms with Crippen molar-refractivity contribution < 1.29 is 9.59 Å². The van der Waals surface area contributed by atoms with Crippen molar-refractivity contribution in [3.05, 3.63) is 83.4 Å². The van der Waals surface area contributed by atoms with Crippen molar-refractivity contribution in [2.24, 2.45) is 5.10 Å². The quantitative estimate of drug-likeness (QED) is 0.537. The molecule has 1 aliphatic heterocycles. The second-order valence-corrected chi connectivity index (χ2v) is 5.29. The van der Waals surface area contributed by atoms with Gasteiger partial charge in [0.05, 0.1) is 17.3 Å². The van der Waals surface area contributed by atoms with Crippen LogP contribution in [-0.4, -0.2) is 23.0 Å². The molecule has 0 bridgehead atoms. The molecule has 0 radical (unpaired) electrons. The van der Waals surface area contributed by atoms with Crippen LogP contribution in [0.25, 0.3) is 10.8 Å². The molecule has 4 nitrogen and oxygen atoms in total. The summed E-state index contributed by atoms with van der Waals surface area (Å²) in [6.45, 7) is 0. The van der Waals surface area contributed by atoms with Crippen LogP contribution in [0, 0.1) is 0 Å². The molecular weight excluding hydrogens is 288 g/mol. The summed E-state index contributed by atoms with van der Waals surface area (Å²) in [6.07, 6.45) is 1.52. The maximum atomic E-state index is 12.6. The van der Waals surface area contributed by atoms with Crippen molar-refractivity contribution in [3.63, 3.8) is 0 Å². The number of hydrogen-bond donors (Lipinski definition) is 0. The summed E-state index contributed by atoms with van der Waals surface area (Å²) in [4.78, 5) is 25.3. The molecule has 2 amide bonds. The van der Waals surface area contributed by atoms with Gasteiger partial charge in [-0.3, -0.25) is 9.59 Å². The molecule has 0 fully saturated rings. The summed E-state index contributed by atoms with van der Waals surface area (Å²) < 4.78 is 0. The predicted octanol–water partition coefficient (Wildman–Crippen LogP) is 3.47. The zero-order valence-electron chi connectivity index (χ0n) is 12.1. The van der Waals surface area contributed by atoms with E-state index in [1.807, 2.05) is 54.6 Å². The van der Waals surface area contributed by atoms with Crippen LogP contribution in [-0.2, 0) is 0 Å². The maximum Gasteiger partial charge on any atom is 0.282 e. The van der Waals surface area contributed by atoms with Gasteiger partial charge in [-0.1, -0.05) is 54.6 Å². The highest BCUT2D eigenvalue weighted by Crippen LogP contribution is 2.29. The fourth-order valence-electron chi connectivity index (χ4n) is 2.79. The second-order valence-electron chi connectivity index (χ2n) is 5.29. The molecule has 1 heterocycles. The smallest absolute Gasteiger partial charge is 0.267 e. The SMILES string of the molecule is O=C1c2cccc3cccc(c23)C(=O)N1N=Cc1ccccc1. The van der Waals surface area contributed by atoms with Gasteiger partial charge in [0.15, 0.2) is 0 Å². The van der Waals surface area contributed by atoms with Gasteiger partial charge in [0.25, 0.3) is 11.8 Å². The van der Waals surface area contributed by atoms with E-state index in [1.54, 1.807) is 12.1 Å². The Morgan fingerprint density at radius 2 is 1.35 bits per heavy atom. The first-order valence-electron chi connectivity index (χ1n) is 7.25. The third-order valence-electron chi connectivity index (χ3n) is 3.87. The number of hydrazone groups is 1. The van der Waals surface area contributed by atoms with Crippen LogP contribution in [0.1, 0.15) is 26.3 Å². The van der Waals surface area contributed by atoms with Crippen molar-refractivity contribution in [2.75, 3.05) is 0 Å². The molecule has 1 aliphatic rings. The van der Waals surface area contributed by atoms with Crippen molar-refractivity contribution in [1.82, 2.24) is 5.01 Å². The third-order valence-corrected chi connectivity index (χ3v) is 3.87. The molecule has 4 rings (SSSR count). The molecule has 0 atom stereocenters. The second kappa shape index (κ2) is 5.18. The minimum Gasteiger partial charge on any atom is -0.267 e. The van der Waals surface area contributed by atoms with Crippen LogP contribution in [0.4, 0.5) is 0 Å². The zero-order chi connectivity index (χ0) is 15.8. The standard InChI is InChI=1S/C19H12N2O2/c22-18-15-10-4-8-14-9-5-11-16(17(14)15)19(23)21(18)20-12-13-6-2-1-3-7-13/h1-12H. The first-order valence-corrected chi connectivity index (χ1v) is 7.25. The highest BCUT2D eigenvalue weighted by molar-refractivity contribution is 6.25. The largest absolute Gasteiger partial charge is 0.282 e. The van der Waals surface area contributed by atoms with E-state index < -0.39 is 11.8 Å². The molecule has 0 aliphatic carbocycles. The van der Waals surface area contributed by atoms with Gasteiger partial charge >= 0.3 is 0 Å². The Balaban J connectivity index is 1.82. The van der Waals surface area contributed by atoms with Crippen LogP contribution in [0.3, 0.4) is 0 Å². The number of carbonyl (C=O) groups is 2. The predicted molar refractivity (Wildman–Crippen MR) is 88.5 cm³/mol. The van der Waals surface area contributed by atoms with E-state index in [2.05, 4.69) is 5.10 Å². The van der Waals surface area contributed by atoms with Crippen LogP contribution in [0.2, 0.25) is 0 Å². The molecule has 0 unspecified atom stereocenters. The van der Waals surface area contributed by atoms with Crippen LogP contribution in [0.15, 0.2) is 71.8 Å². The van der Waals surface area contributed by atoms with Crippen LogP contribution < -0.4 is 0 Å². The average molecular weight is 300 g/mol. The van der Waals surface area contributed by atoms with Gasteiger partial charge in [-0.25, -0.2) is 0 Å². The van der Waals surface area contributed by atoms with Crippen molar-refractivity contribution >= 4 is 28.8 Å². The average Bonchev–Trinajstić information content (AvgIpc) is 2.60. The molecule has 0 aromatic heterocycles. The molecular formula is C19H12N2O2. The first kappa shape index (κ1) is 13.4. The summed E-state index contributed by atoms with van der Waals surface area (Å²) >= 11 is 0. The number of hydrogen-bond acceptors (Lipinski definition) is 3. The van der Waals surface area contributed by atoms with Crippen molar-refractivity contribution in [2.45, 2.75) is 0 Å². The number of imide groups is 1. The maximum absolute atomic E-state index is 12.6. The van der Waals surface area contributed by atoms with Gasteiger partial charge in [-0.2, -0.15) is 10.1 Å². The Kier molecular flexibility index (Phi) is 3.01. The van der Waals surface area contributed by atoms with Gasteiger partial charge in [-0.15, -0.1) is 0 Å². The highest BCUT2D eigenvalue weighted by atomic mass is 16.2. The lowest BCUT2D eigenvalue weighted by Crippen LogP contribution is -2.36. The van der Waals surface area contributed by atoms with E-state index in [0.717, 1.165) is 16.0 Å². The summed E-state index contributed by atoms with van der Waals surface area (Å²) in [5.41, 5.74) is 1.83. The van der Waals surface area contributed by atoms with Crippen LogP contribution >= 0.6 is 0 Å². The lowest BCUT2D eigenvalue weighted by Gasteiger charge is -2.22. The van der Waals surface area contributed by atoms with Gasteiger partial charge in [0.1, 0.15) is 0 Å². The van der Waals surface area contributed by atoms with E-state index in [9.17, 15) is 9.59 Å². The lowest BCUT2D eigenvalue weighted by atomic mass is 9.95. The van der Waals surface area contributed by atoms with E-state index in [-0.39, 0.29) is 0 Å². The minimum absolute atomic E-state index is 0.397. The molecule has 0 saturated carbocycles. The Morgan fingerprint density at radius 3 is 1.96 bits per heavy atom. The number of nitrogens with zero attached hydrogens (tertiary/aromatic N) is 2. The first-order chi connectivity index (χ1) is 11.3. The van der Waals surface area contributed by atoms with Gasteiger partial charge in [0.2, 0.25) is 0 Å². The van der Waals surface area contributed by atoms with Gasteiger partial charge < -0.3 is 0 Å². The van der Waals surface area contributed by atoms with Crippen LogP contribution in [0.5, 0.6) is 0 Å². The third kappa shape index (κ3) is 2.12. The molecule has 110 valence electrons. The van der Waals surface area contributed by atoms with Crippen molar-refractivity contribution in [1.29, 1.82) is 0 Å². The summed E-state index contributed by atoms with van der Waals surface area (Å²) in [7, 11) is 0. The number of benzene rings is 3. The van der Waals surface area contributed by atoms with Gasteiger partial charge in [0, 0.05) is 5.39 Å². The summed E-state index contributed by atoms with van der Waals surface area (Å²) in [5.74, 6) is -0.794. The molecule has 0 saturated heterocycles. The van der Waals surface area contributed by atoms with E-state index in [1.165, 1.54) is 6.21 Å². The fourth-order valence-corrected chi connectivity index (χ4v) is 2.79. The molecule has 3 aromatic rings. The highest BCUT2D eigenvalue weighted by Gasteiger charge is 2.32. The topological polar surface area (TPSA) is 49.7 Å². The zero-order valence-corrected chi connectivity index (χ0v) is 12.1. The monoisotopic (exact) mass is 300 g/mol. The normalized spacial score (nSPS) is 14.0. The Hall–Kier alpha value is -3.27. The molecule has 3 aromatic carbocycles. The number of rotatable bonds is 2. The summed E-state index contributed by atoms with van der Waals surface area (Å²) in [6, 6.07) is 20.2. The molecule has 0 spiro atoms. The number of amides is 2. The minimum atomic E-state index is -0.397. The summed E-state index contributed by atoms with van der Waals surface area (Å²) in [5, 5.41) is 6.63. The van der Waals surface area contributed by atoms with E-state index >= 15 is 0 Å². The number of carbonyl (C=O) groups excluding carboxylic acids is 2.